The molecule has 0 aromatic carbocycles. The van der Waals surface area contributed by atoms with Gasteiger partial charge in [0.25, 0.3) is 0 Å². The van der Waals surface area contributed by atoms with Crippen LogP contribution in [0.4, 0.5) is 4.79 Å². The van der Waals surface area contributed by atoms with Gasteiger partial charge in [0.15, 0.2) is 0 Å². The number of hydrogen-bond donors (Lipinski definition) is 2. The van der Waals surface area contributed by atoms with Crippen LogP contribution in [0.3, 0.4) is 0 Å². The molecular formula is C10H11ClN4O2. The molecule has 0 aliphatic rings. The van der Waals surface area contributed by atoms with E-state index in [9.17, 15) is 4.79 Å². The first-order valence-electron chi connectivity index (χ1n) is 4.90. The summed E-state index contributed by atoms with van der Waals surface area (Å²) >= 11 is 5.81. The summed E-state index contributed by atoms with van der Waals surface area (Å²) in [6, 6.07) is 0. The molecule has 2 aromatic heterocycles. The predicted molar refractivity (Wildman–Crippen MR) is 62.2 cm³/mol. The largest absolute Gasteiger partial charge is 0.465 e. The molecule has 2 N–H and O–H groups in total. The zero-order chi connectivity index (χ0) is 12.6. The van der Waals surface area contributed by atoms with Crippen LogP contribution in [0.2, 0.25) is 5.15 Å². The number of aromatic nitrogens is 3. The lowest BCUT2D eigenvalue weighted by atomic mass is 10.1. The molecule has 0 bridgehead atoms. The molecule has 0 fully saturated rings. The van der Waals surface area contributed by atoms with Gasteiger partial charge in [-0.2, -0.15) is 0 Å². The molecule has 0 unspecified atom stereocenters. The number of halogens is 1. The minimum Gasteiger partial charge on any atom is -0.465 e. The number of imidazole rings is 1. The summed E-state index contributed by atoms with van der Waals surface area (Å²) in [4.78, 5) is 18.9. The summed E-state index contributed by atoms with van der Waals surface area (Å²) in [6.45, 7) is 3.45. The average Bonchev–Trinajstić information content (AvgIpc) is 2.58. The highest BCUT2D eigenvalue weighted by Crippen LogP contribution is 2.21. The summed E-state index contributed by atoms with van der Waals surface area (Å²) in [5, 5.41) is 11.5. The quantitative estimate of drug-likeness (QED) is 0.858. The highest BCUT2D eigenvalue weighted by atomic mass is 35.5. The maximum atomic E-state index is 10.7. The van der Waals surface area contributed by atoms with Crippen LogP contribution < -0.4 is 5.32 Å². The lowest BCUT2D eigenvalue weighted by Crippen LogP contribution is -2.41. The van der Waals surface area contributed by atoms with E-state index in [4.69, 9.17) is 16.7 Å². The first-order chi connectivity index (χ1) is 7.90. The van der Waals surface area contributed by atoms with Crippen molar-refractivity contribution in [1.82, 2.24) is 19.7 Å². The maximum Gasteiger partial charge on any atom is 0.405 e. The summed E-state index contributed by atoms with van der Waals surface area (Å²) < 4.78 is 1.71. The van der Waals surface area contributed by atoms with Crippen molar-refractivity contribution in [3.05, 3.63) is 29.6 Å². The highest BCUT2D eigenvalue weighted by Gasteiger charge is 2.27. The molecule has 6 nitrogen and oxygen atoms in total. The van der Waals surface area contributed by atoms with Crippen LogP contribution in [0.5, 0.6) is 0 Å². The van der Waals surface area contributed by atoms with Gasteiger partial charge in [0.2, 0.25) is 0 Å². The molecule has 0 aliphatic heterocycles. The van der Waals surface area contributed by atoms with Crippen molar-refractivity contribution in [2.24, 2.45) is 0 Å². The van der Waals surface area contributed by atoms with Gasteiger partial charge in [-0.1, -0.05) is 11.6 Å². The number of rotatable bonds is 2. The van der Waals surface area contributed by atoms with Crippen molar-refractivity contribution >= 4 is 23.2 Å². The third-order valence-electron chi connectivity index (χ3n) is 2.36. The van der Waals surface area contributed by atoms with E-state index in [1.54, 1.807) is 36.8 Å². The molecule has 0 saturated carbocycles. The molecule has 7 heteroatoms. The zero-order valence-electron chi connectivity index (χ0n) is 9.31. The molecule has 90 valence electrons. The highest BCUT2D eigenvalue weighted by molar-refractivity contribution is 6.29. The molecule has 2 heterocycles. The first-order valence-corrected chi connectivity index (χ1v) is 5.28. The van der Waals surface area contributed by atoms with Gasteiger partial charge in [-0.3, -0.25) is 4.40 Å². The topological polar surface area (TPSA) is 79.5 Å². The van der Waals surface area contributed by atoms with Gasteiger partial charge in [0.05, 0.1) is 23.4 Å². The van der Waals surface area contributed by atoms with Crippen molar-refractivity contribution in [3.8, 4) is 0 Å². The van der Waals surface area contributed by atoms with Gasteiger partial charge in [-0.15, -0.1) is 0 Å². The Morgan fingerprint density at radius 3 is 2.76 bits per heavy atom. The molecule has 0 saturated heterocycles. The zero-order valence-corrected chi connectivity index (χ0v) is 10.1. The third-order valence-corrected chi connectivity index (χ3v) is 2.55. The van der Waals surface area contributed by atoms with Crippen LogP contribution in [0.25, 0.3) is 5.52 Å². The molecule has 0 atom stereocenters. The normalized spacial score (nSPS) is 11.7. The fourth-order valence-electron chi connectivity index (χ4n) is 1.66. The van der Waals surface area contributed by atoms with Crippen LogP contribution in [0.1, 0.15) is 19.7 Å². The number of nitrogens with one attached hydrogen (secondary N) is 1. The smallest absolute Gasteiger partial charge is 0.405 e. The van der Waals surface area contributed by atoms with Gasteiger partial charge in [-0.25, -0.2) is 14.8 Å². The van der Waals surface area contributed by atoms with Crippen molar-refractivity contribution in [3.63, 3.8) is 0 Å². The van der Waals surface area contributed by atoms with Gasteiger partial charge < -0.3 is 10.4 Å². The minimum atomic E-state index is -1.10. The Hall–Kier alpha value is -1.82. The summed E-state index contributed by atoms with van der Waals surface area (Å²) in [5.41, 5.74) is -0.0622. The van der Waals surface area contributed by atoms with E-state index < -0.39 is 11.6 Å². The standard InChI is InChI=1S/C10H11ClN4O2/c1-10(2,14-9(16)17)8-13-4-6-3-12-7(11)5-15(6)8/h3-5,14H,1-2H3,(H,16,17). The molecule has 1 amide bonds. The molecule has 2 aromatic rings. The van der Waals surface area contributed by atoms with E-state index in [1.165, 1.54) is 0 Å². The Kier molecular flexibility index (Phi) is 2.66. The molecule has 2 rings (SSSR count). The van der Waals surface area contributed by atoms with Crippen molar-refractivity contribution < 1.29 is 9.90 Å². The SMILES string of the molecule is CC(C)(NC(=O)O)c1ncc2cnc(Cl)cn12. The molecule has 0 radical (unpaired) electrons. The van der Waals surface area contributed by atoms with Crippen LogP contribution in [-0.2, 0) is 5.54 Å². The van der Waals surface area contributed by atoms with E-state index in [0.29, 0.717) is 11.0 Å². The number of amides is 1. The van der Waals surface area contributed by atoms with Gasteiger partial charge >= 0.3 is 6.09 Å². The Bertz CT molecular complexity index is 579. The van der Waals surface area contributed by atoms with Crippen molar-refractivity contribution in [1.29, 1.82) is 0 Å². The average molecular weight is 255 g/mol. The number of nitrogens with zero attached hydrogens (tertiary/aromatic N) is 3. The molecular weight excluding hydrogens is 244 g/mol. The number of hydrogen-bond acceptors (Lipinski definition) is 3. The summed E-state index contributed by atoms with van der Waals surface area (Å²) in [7, 11) is 0. The fourth-order valence-corrected chi connectivity index (χ4v) is 1.80. The lowest BCUT2D eigenvalue weighted by Gasteiger charge is -2.23. The second kappa shape index (κ2) is 3.89. The van der Waals surface area contributed by atoms with Crippen molar-refractivity contribution in [2.45, 2.75) is 19.4 Å². The predicted octanol–water partition coefficient (Wildman–Crippen LogP) is 1.89. The van der Waals surface area contributed by atoms with Gasteiger partial charge in [0.1, 0.15) is 11.0 Å². The van der Waals surface area contributed by atoms with Crippen LogP contribution in [0, 0.1) is 0 Å². The number of fused-ring (bicyclic) bond motifs is 1. The van der Waals surface area contributed by atoms with E-state index in [-0.39, 0.29) is 0 Å². The second-order valence-corrected chi connectivity index (χ2v) is 4.53. The van der Waals surface area contributed by atoms with Crippen LogP contribution >= 0.6 is 11.6 Å². The summed E-state index contributed by atoms with van der Waals surface area (Å²) in [5.74, 6) is 0.555. The Balaban J connectivity index is 2.55. The van der Waals surface area contributed by atoms with E-state index >= 15 is 0 Å². The molecule has 17 heavy (non-hydrogen) atoms. The van der Waals surface area contributed by atoms with E-state index in [0.717, 1.165) is 5.52 Å². The monoisotopic (exact) mass is 254 g/mol. The van der Waals surface area contributed by atoms with Gasteiger partial charge in [-0.05, 0) is 13.8 Å². The summed E-state index contributed by atoms with van der Waals surface area (Å²) in [6.07, 6.45) is 3.69. The molecule has 0 spiro atoms. The van der Waals surface area contributed by atoms with Crippen molar-refractivity contribution in [2.75, 3.05) is 0 Å². The third kappa shape index (κ3) is 2.16. The Labute approximate surface area is 102 Å². The lowest BCUT2D eigenvalue weighted by molar-refractivity contribution is 0.181. The number of carbonyl (C=O) groups is 1. The second-order valence-electron chi connectivity index (χ2n) is 4.14. The van der Waals surface area contributed by atoms with E-state index in [2.05, 4.69) is 15.3 Å². The van der Waals surface area contributed by atoms with Gasteiger partial charge in [0, 0.05) is 6.20 Å². The maximum absolute atomic E-state index is 10.7. The number of carboxylic acid groups (broad SMARTS) is 1. The van der Waals surface area contributed by atoms with E-state index in [1.807, 2.05) is 0 Å². The molecule has 0 aliphatic carbocycles. The fraction of sp³-hybridized carbons (Fsp3) is 0.300. The Morgan fingerprint density at radius 1 is 1.47 bits per heavy atom. The van der Waals surface area contributed by atoms with Crippen LogP contribution in [-0.4, -0.2) is 25.6 Å². The minimum absolute atomic E-state index is 0.322. The first kappa shape index (κ1) is 11.7. The van der Waals surface area contributed by atoms with Crippen LogP contribution in [0.15, 0.2) is 18.6 Å². The Morgan fingerprint density at radius 2 is 2.12 bits per heavy atom.